The van der Waals surface area contributed by atoms with Crippen LogP contribution >= 0.6 is 0 Å². The molecule has 0 fully saturated rings. The second kappa shape index (κ2) is 4.59. The molecule has 0 aromatic heterocycles. The summed E-state index contributed by atoms with van der Waals surface area (Å²) < 4.78 is 0. The van der Waals surface area contributed by atoms with Gasteiger partial charge in [-0.1, -0.05) is 6.08 Å². The fraction of sp³-hybridized carbons (Fsp3) is 0.444. The van der Waals surface area contributed by atoms with E-state index in [1.54, 1.807) is 13.3 Å². The van der Waals surface area contributed by atoms with E-state index in [9.17, 15) is 0 Å². The van der Waals surface area contributed by atoms with Gasteiger partial charge in [0.15, 0.2) is 0 Å². The van der Waals surface area contributed by atoms with E-state index in [1.165, 1.54) is 6.21 Å². The molecule has 1 aliphatic heterocycles. The molecule has 0 bridgehead atoms. The van der Waals surface area contributed by atoms with Crippen LogP contribution in [0.25, 0.3) is 0 Å². The molecule has 0 saturated carbocycles. The maximum Gasteiger partial charge on any atom is 0.0547 e. The van der Waals surface area contributed by atoms with Crippen molar-refractivity contribution in [3.05, 3.63) is 11.6 Å². The minimum Gasteiger partial charge on any atom is -0.312 e. The first-order valence-electron chi connectivity index (χ1n) is 4.01. The third kappa shape index (κ3) is 2.12. The molecule has 12 heavy (non-hydrogen) atoms. The van der Waals surface area contributed by atoms with E-state index in [-0.39, 0.29) is 5.92 Å². The number of nitrogens with zero attached hydrogens (tertiary/aromatic N) is 2. The van der Waals surface area contributed by atoms with Gasteiger partial charge in [-0.05, 0) is 12.0 Å². The van der Waals surface area contributed by atoms with Gasteiger partial charge in [-0.15, -0.1) is 0 Å². The predicted molar refractivity (Wildman–Crippen MR) is 52.7 cm³/mol. The number of allylic oxidation sites excluding steroid dienone is 1. The van der Waals surface area contributed by atoms with E-state index in [0.29, 0.717) is 0 Å². The van der Waals surface area contributed by atoms with Crippen LogP contribution in [0.1, 0.15) is 6.42 Å². The molecule has 1 atom stereocenters. The van der Waals surface area contributed by atoms with Gasteiger partial charge in [0, 0.05) is 32.2 Å². The van der Waals surface area contributed by atoms with Crippen molar-refractivity contribution in [3.63, 3.8) is 0 Å². The number of hydrogen-bond acceptors (Lipinski definition) is 3. The Bertz CT molecular complexity index is 238. The lowest BCUT2D eigenvalue weighted by Gasteiger charge is -2.09. The minimum atomic E-state index is 0.0130. The molecule has 1 rings (SSSR count). The van der Waals surface area contributed by atoms with Crippen LogP contribution in [-0.4, -0.2) is 32.2 Å². The normalized spacial score (nSPS) is 19.2. The van der Waals surface area contributed by atoms with Gasteiger partial charge in [0.1, 0.15) is 0 Å². The van der Waals surface area contributed by atoms with Gasteiger partial charge in [-0.2, -0.15) is 0 Å². The summed E-state index contributed by atoms with van der Waals surface area (Å²) in [7, 11) is 1.72. The number of dihydropyridines is 1. The van der Waals surface area contributed by atoms with Crippen LogP contribution in [0, 0.1) is 11.3 Å². The molecule has 3 heteroatoms. The Hall–Kier alpha value is -1.25. The quantitative estimate of drug-likeness (QED) is 0.611. The first-order chi connectivity index (χ1) is 5.88. The maximum atomic E-state index is 7.18. The zero-order valence-corrected chi connectivity index (χ0v) is 7.20. The lowest BCUT2D eigenvalue weighted by atomic mass is 10.00. The molecular weight excluding hydrogens is 150 g/mol. The Labute approximate surface area is 72.4 Å². The van der Waals surface area contributed by atoms with Crippen LogP contribution in [0.15, 0.2) is 21.6 Å². The molecule has 3 nitrogen and oxygen atoms in total. The van der Waals surface area contributed by atoms with E-state index in [2.05, 4.69) is 16.1 Å². The number of hydrogen-bond donors (Lipinski definition) is 1. The summed E-state index contributed by atoms with van der Waals surface area (Å²) in [4.78, 5) is 8.05. The third-order valence-corrected chi connectivity index (χ3v) is 1.75. The smallest absolute Gasteiger partial charge is 0.0547 e. The molecule has 1 unspecified atom stereocenters. The summed E-state index contributed by atoms with van der Waals surface area (Å²) >= 11 is 0. The van der Waals surface area contributed by atoms with E-state index >= 15 is 0 Å². The number of rotatable bonds is 3. The molecule has 0 aromatic rings. The Balaban J connectivity index is 2.71. The molecule has 64 valence electrons. The van der Waals surface area contributed by atoms with Gasteiger partial charge in [0.2, 0.25) is 0 Å². The highest BCUT2D eigenvalue weighted by atomic mass is 14.7. The van der Waals surface area contributed by atoms with Crippen molar-refractivity contribution in [2.75, 3.05) is 13.6 Å². The Morgan fingerprint density at radius 2 is 2.58 bits per heavy atom. The largest absolute Gasteiger partial charge is 0.312 e. The second-order valence-electron chi connectivity index (χ2n) is 2.63. The molecule has 1 aliphatic rings. The average molecular weight is 163 g/mol. The van der Waals surface area contributed by atoms with Crippen LogP contribution in [0.4, 0.5) is 0 Å². The Morgan fingerprint density at radius 1 is 1.75 bits per heavy atom. The molecule has 0 aliphatic carbocycles. The summed E-state index contributed by atoms with van der Waals surface area (Å²) in [6.07, 6.45) is 8.07. The molecule has 0 aromatic carbocycles. The molecule has 0 saturated heterocycles. The van der Waals surface area contributed by atoms with Crippen LogP contribution in [-0.2, 0) is 0 Å². The van der Waals surface area contributed by atoms with Crippen molar-refractivity contribution >= 4 is 18.6 Å². The molecule has 0 amide bonds. The van der Waals surface area contributed by atoms with Crippen molar-refractivity contribution in [2.24, 2.45) is 15.9 Å². The lowest BCUT2D eigenvalue weighted by molar-refractivity contribution is 0.969. The van der Waals surface area contributed by atoms with E-state index in [4.69, 9.17) is 5.41 Å². The van der Waals surface area contributed by atoms with Crippen molar-refractivity contribution in [3.8, 4) is 0 Å². The minimum absolute atomic E-state index is 0.0130. The summed E-state index contributed by atoms with van der Waals surface area (Å²) in [5.74, 6) is 0.0130. The summed E-state index contributed by atoms with van der Waals surface area (Å²) in [5, 5.41) is 7.18. The molecular formula is C9H13N3. The summed E-state index contributed by atoms with van der Waals surface area (Å²) in [6, 6.07) is 0. The van der Waals surface area contributed by atoms with Gasteiger partial charge in [0.05, 0.1) is 5.92 Å². The first-order valence-corrected chi connectivity index (χ1v) is 4.01. The van der Waals surface area contributed by atoms with E-state index in [1.807, 2.05) is 6.21 Å². The first kappa shape index (κ1) is 8.84. The van der Waals surface area contributed by atoms with Gasteiger partial charge in [0.25, 0.3) is 0 Å². The van der Waals surface area contributed by atoms with Gasteiger partial charge < -0.3 is 5.41 Å². The second-order valence-corrected chi connectivity index (χ2v) is 2.63. The number of nitrogens with one attached hydrogen (secondary N) is 1. The van der Waals surface area contributed by atoms with Crippen LogP contribution in [0.5, 0.6) is 0 Å². The van der Waals surface area contributed by atoms with E-state index < -0.39 is 0 Å². The average Bonchev–Trinajstić information content (AvgIpc) is 2.15. The fourth-order valence-corrected chi connectivity index (χ4v) is 1.14. The molecule has 1 N–H and O–H groups in total. The van der Waals surface area contributed by atoms with Crippen molar-refractivity contribution in [1.82, 2.24) is 0 Å². The number of aliphatic imine (C=N–C) groups is 2. The molecule has 1 heterocycles. The predicted octanol–water partition coefficient (Wildman–Crippen LogP) is 1.35. The van der Waals surface area contributed by atoms with Gasteiger partial charge >= 0.3 is 0 Å². The third-order valence-electron chi connectivity index (χ3n) is 1.75. The molecule has 0 radical (unpaired) electrons. The molecule has 0 spiro atoms. The highest BCUT2D eigenvalue weighted by molar-refractivity contribution is 5.96. The topological polar surface area (TPSA) is 48.6 Å². The highest BCUT2D eigenvalue weighted by Gasteiger charge is 2.07. The van der Waals surface area contributed by atoms with Crippen molar-refractivity contribution in [1.29, 1.82) is 5.41 Å². The summed E-state index contributed by atoms with van der Waals surface area (Å²) in [6.45, 7) is 0.873. The standard InChI is InChI=1S/C9H13N3/c1-11-6-9(5-10)8-3-2-4-12-7-8/h3,5-7,9-10H,2,4H2,1H3. The van der Waals surface area contributed by atoms with Gasteiger partial charge in [-0.3, -0.25) is 9.98 Å². The monoisotopic (exact) mass is 163 g/mol. The van der Waals surface area contributed by atoms with Crippen molar-refractivity contribution < 1.29 is 0 Å². The fourth-order valence-electron chi connectivity index (χ4n) is 1.14. The Kier molecular flexibility index (Phi) is 3.38. The van der Waals surface area contributed by atoms with Crippen LogP contribution < -0.4 is 0 Å². The Morgan fingerprint density at radius 3 is 3.08 bits per heavy atom. The van der Waals surface area contributed by atoms with Crippen LogP contribution in [0.3, 0.4) is 0 Å². The zero-order chi connectivity index (χ0) is 8.81. The van der Waals surface area contributed by atoms with Crippen molar-refractivity contribution in [2.45, 2.75) is 6.42 Å². The highest BCUT2D eigenvalue weighted by Crippen LogP contribution is 2.09. The van der Waals surface area contributed by atoms with Gasteiger partial charge in [-0.25, -0.2) is 0 Å². The van der Waals surface area contributed by atoms with E-state index in [0.717, 1.165) is 18.5 Å². The maximum absolute atomic E-state index is 7.18. The van der Waals surface area contributed by atoms with Crippen LogP contribution in [0.2, 0.25) is 0 Å². The zero-order valence-electron chi connectivity index (χ0n) is 7.20. The SMILES string of the molecule is CN=CC(C=N)C1=CCCN=C1. The summed E-state index contributed by atoms with van der Waals surface area (Å²) in [5.41, 5.74) is 1.09. The lowest BCUT2D eigenvalue weighted by Crippen LogP contribution is -2.10.